The molecule has 0 radical (unpaired) electrons. The van der Waals surface area contributed by atoms with Crippen LogP contribution in [0.2, 0.25) is 0 Å². The summed E-state index contributed by atoms with van der Waals surface area (Å²) in [5.41, 5.74) is 0.265. The van der Waals surface area contributed by atoms with E-state index < -0.39 is 5.97 Å². The van der Waals surface area contributed by atoms with Crippen molar-refractivity contribution in [1.82, 2.24) is 4.90 Å². The van der Waals surface area contributed by atoms with Crippen LogP contribution in [-0.2, 0) is 4.74 Å². The van der Waals surface area contributed by atoms with Crippen LogP contribution in [0, 0.1) is 5.92 Å². The molecule has 2 heterocycles. The minimum Gasteiger partial charge on any atom is -0.492 e. The summed E-state index contributed by atoms with van der Waals surface area (Å²) in [6.45, 7) is 4.61. The highest BCUT2D eigenvalue weighted by molar-refractivity contribution is 5.87. The standard InChI is InChI=1S/C19H27NO4/c21-19(22)16-4-3-5-17(14-16)23-13-11-20-9-7-15(8-10-20)18-6-1-2-12-24-18/h3-5,14-15,18H,1-2,6-13H2,(H,21,22). The molecule has 0 spiro atoms. The van der Waals surface area contributed by atoms with Crippen LogP contribution in [0.5, 0.6) is 5.75 Å². The molecule has 24 heavy (non-hydrogen) atoms. The zero-order valence-corrected chi connectivity index (χ0v) is 14.2. The Bertz CT molecular complexity index is 534. The van der Waals surface area contributed by atoms with E-state index in [0.29, 0.717) is 18.5 Å². The number of hydrogen-bond donors (Lipinski definition) is 1. The summed E-state index contributed by atoms with van der Waals surface area (Å²) < 4.78 is 11.6. The van der Waals surface area contributed by atoms with Gasteiger partial charge in [0.05, 0.1) is 11.7 Å². The lowest BCUT2D eigenvalue weighted by Crippen LogP contribution is -2.41. The van der Waals surface area contributed by atoms with E-state index in [9.17, 15) is 4.79 Å². The van der Waals surface area contributed by atoms with Crippen molar-refractivity contribution >= 4 is 5.97 Å². The van der Waals surface area contributed by atoms with Crippen LogP contribution in [-0.4, -0.2) is 54.9 Å². The van der Waals surface area contributed by atoms with Gasteiger partial charge in [-0.25, -0.2) is 4.79 Å². The van der Waals surface area contributed by atoms with E-state index in [4.69, 9.17) is 14.6 Å². The molecule has 1 aromatic carbocycles. The number of nitrogens with zero attached hydrogens (tertiary/aromatic N) is 1. The maximum atomic E-state index is 11.0. The Kier molecular flexibility index (Phi) is 6.10. The van der Waals surface area contributed by atoms with Crippen LogP contribution < -0.4 is 4.74 Å². The van der Waals surface area contributed by atoms with Crippen molar-refractivity contribution < 1.29 is 19.4 Å². The Morgan fingerprint density at radius 2 is 2.08 bits per heavy atom. The third-order valence-electron chi connectivity index (χ3n) is 5.13. The van der Waals surface area contributed by atoms with Crippen LogP contribution in [0.3, 0.4) is 0 Å². The SMILES string of the molecule is O=C(O)c1cccc(OCCN2CCC(C3CCCCO3)CC2)c1. The number of carbonyl (C=O) groups is 1. The van der Waals surface area contributed by atoms with Crippen molar-refractivity contribution in [3.05, 3.63) is 29.8 Å². The first kappa shape index (κ1) is 17.2. The lowest BCUT2D eigenvalue weighted by Gasteiger charge is -2.37. The molecule has 0 saturated carbocycles. The van der Waals surface area contributed by atoms with Gasteiger partial charge >= 0.3 is 5.97 Å². The first-order valence-electron chi connectivity index (χ1n) is 9.02. The average Bonchev–Trinajstić information content (AvgIpc) is 2.63. The lowest BCUT2D eigenvalue weighted by molar-refractivity contribution is -0.0382. The van der Waals surface area contributed by atoms with Crippen LogP contribution in [0.25, 0.3) is 0 Å². The zero-order valence-electron chi connectivity index (χ0n) is 14.2. The molecule has 2 aliphatic rings. The summed E-state index contributed by atoms with van der Waals surface area (Å²) in [4.78, 5) is 13.4. The fourth-order valence-electron chi connectivity index (χ4n) is 3.70. The van der Waals surface area contributed by atoms with Crippen molar-refractivity contribution in [1.29, 1.82) is 0 Å². The van der Waals surface area contributed by atoms with E-state index in [1.807, 2.05) is 0 Å². The maximum Gasteiger partial charge on any atom is 0.335 e. The topological polar surface area (TPSA) is 59.0 Å². The molecule has 1 atom stereocenters. The number of likely N-dealkylation sites (tertiary alicyclic amines) is 1. The van der Waals surface area contributed by atoms with Crippen LogP contribution in [0.1, 0.15) is 42.5 Å². The highest BCUT2D eigenvalue weighted by atomic mass is 16.5. The van der Waals surface area contributed by atoms with Crippen LogP contribution >= 0.6 is 0 Å². The Balaban J connectivity index is 1.37. The van der Waals surface area contributed by atoms with Gasteiger partial charge in [0.2, 0.25) is 0 Å². The van der Waals surface area contributed by atoms with E-state index >= 15 is 0 Å². The van der Waals surface area contributed by atoms with Crippen molar-refractivity contribution in [3.8, 4) is 5.75 Å². The largest absolute Gasteiger partial charge is 0.492 e. The number of hydrogen-bond acceptors (Lipinski definition) is 4. The van der Waals surface area contributed by atoms with Crippen molar-refractivity contribution in [2.75, 3.05) is 32.8 Å². The molecule has 1 aromatic rings. The van der Waals surface area contributed by atoms with E-state index in [0.717, 1.165) is 32.2 Å². The lowest BCUT2D eigenvalue weighted by atomic mass is 9.87. The van der Waals surface area contributed by atoms with E-state index in [2.05, 4.69) is 4.90 Å². The first-order valence-corrected chi connectivity index (χ1v) is 9.02. The third-order valence-corrected chi connectivity index (χ3v) is 5.13. The predicted octanol–water partition coefficient (Wildman–Crippen LogP) is 3.04. The van der Waals surface area contributed by atoms with E-state index in [-0.39, 0.29) is 5.56 Å². The number of aromatic carboxylic acids is 1. The molecule has 1 N–H and O–H groups in total. The van der Waals surface area contributed by atoms with E-state index in [1.165, 1.54) is 32.1 Å². The average molecular weight is 333 g/mol. The second-order valence-corrected chi connectivity index (χ2v) is 6.77. The Hall–Kier alpha value is -1.59. The fourth-order valence-corrected chi connectivity index (χ4v) is 3.70. The number of carboxylic acid groups (broad SMARTS) is 1. The summed E-state index contributed by atoms with van der Waals surface area (Å²) in [5.74, 6) is 0.419. The molecule has 2 fully saturated rings. The molecule has 5 heteroatoms. The molecule has 1 unspecified atom stereocenters. The van der Waals surface area contributed by atoms with E-state index in [1.54, 1.807) is 24.3 Å². The van der Waals surface area contributed by atoms with Gasteiger partial charge in [0.1, 0.15) is 12.4 Å². The zero-order chi connectivity index (χ0) is 16.8. The predicted molar refractivity (Wildman–Crippen MR) is 91.7 cm³/mol. The quantitative estimate of drug-likeness (QED) is 0.867. The maximum absolute atomic E-state index is 11.0. The summed E-state index contributed by atoms with van der Waals surface area (Å²) in [7, 11) is 0. The van der Waals surface area contributed by atoms with Crippen LogP contribution in [0.4, 0.5) is 0 Å². The number of rotatable bonds is 6. The van der Waals surface area contributed by atoms with Crippen molar-refractivity contribution in [2.45, 2.75) is 38.2 Å². The highest BCUT2D eigenvalue weighted by Gasteiger charge is 2.28. The molecule has 2 aliphatic heterocycles. The van der Waals surface area contributed by atoms with Gasteiger partial charge in [-0.3, -0.25) is 4.90 Å². The first-order chi connectivity index (χ1) is 11.7. The summed E-state index contributed by atoms with van der Waals surface area (Å²) in [6, 6.07) is 6.68. The van der Waals surface area contributed by atoms with Crippen LogP contribution in [0.15, 0.2) is 24.3 Å². The summed E-state index contributed by atoms with van der Waals surface area (Å²) in [6.07, 6.45) is 6.66. The highest BCUT2D eigenvalue weighted by Crippen LogP contribution is 2.28. The summed E-state index contributed by atoms with van der Waals surface area (Å²) in [5, 5.41) is 9.00. The van der Waals surface area contributed by atoms with Crippen molar-refractivity contribution in [3.63, 3.8) is 0 Å². The molecule has 2 saturated heterocycles. The van der Waals surface area contributed by atoms with Gasteiger partial charge in [-0.1, -0.05) is 6.07 Å². The molecule has 0 aliphatic carbocycles. The molecule has 3 rings (SSSR count). The molecule has 0 amide bonds. The summed E-state index contributed by atoms with van der Waals surface area (Å²) >= 11 is 0. The van der Waals surface area contributed by atoms with Gasteiger partial charge in [0, 0.05) is 13.2 Å². The molecular weight excluding hydrogens is 306 g/mol. The smallest absolute Gasteiger partial charge is 0.335 e. The number of benzene rings is 1. The Morgan fingerprint density at radius 3 is 2.79 bits per heavy atom. The number of ether oxygens (including phenoxy) is 2. The fraction of sp³-hybridized carbons (Fsp3) is 0.632. The second-order valence-electron chi connectivity index (χ2n) is 6.77. The monoisotopic (exact) mass is 333 g/mol. The van der Waals surface area contributed by atoms with Gasteiger partial charge in [-0.05, 0) is 69.3 Å². The molecule has 5 nitrogen and oxygen atoms in total. The second kappa shape index (κ2) is 8.49. The number of carboxylic acids is 1. The minimum absolute atomic E-state index is 0.265. The Morgan fingerprint density at radius 1 is 1.25 bits per heavy atom. The van der Waals surface area contributed by atoms with Gasteiger partial charge in [0.25, 0.3) is 0 Å². The third kappa shape index (κ3) is 4.71. The Labute approximate surface area is 143 Å². The van der Waals surface area contributed by atoms with Gasteiger partial charge in [0.15, 0.2) is 0 Å². The van der Waals surface area contributed by atoms with Gasteiger partial charge < -0.3 is 14.6 Å². The van der Waals surface area contributed by atoms with Crippen molar-refractivity contribution in [2.24, 2.45) is 5.92 Å². The number of piperidine rings is 1. The molecule has 0 bridgehead atoms. The van der Waals surface area contributed by atoms with Gasteiger partial charge in [-0.2, -0.15) is 0 Å². The normalized spacial score (nSPS) is 23.1. The molecule has 0 aromatic heterocycles. The molecular formula is C19H27NO4. The molecule has 132 valence electrons. The minimum atomic E-state index is -0.924. The van der Waals surface area contributed by atoms with Gasteiger partial charge in [-0.15, -0.1) is 0 Å².